The van der Waals surface area contributed by atoms with Crippen molar-refractivity contribution in [3.63, 3.8) is 0 Å². The number of hydrogen-bond acceptors (Lipinski definition) is 9. The smallest absolute Gasteiger partial charge is 0.337 e. The summed E-state index contributed by atoms with van der Waals surface area (Å²) < 4.78 is 0. The van der Waals surface area contributed by atoms with Crippen LogP contribution in [0.1, 0.15) is 67.3 Å². The Morgan fingerprint density at radius 2 is 1.74 bits per heavy atom. The van der Waals surface area contributed by atoms with Crippen molar-refractivity contribution in [1.82, 2.24) is 10.4 Å². The molecule has 1 unspecified atom stereocenters. The molecule has 3 amide bonds. The zero-order valence-electron chi connectivity index (χ0n) is 20.8. The molecule has 1 aliphatic heterocycles. The molecule has 0 saturated carbocycles. The topological polar surface area (TPSA) is 175 Å². The molecular formula is C26H28N4O8. The summed E-state index contributed by atoms with van der Waals surface area (Å²) in [5, 5.41) is 30.9. The number of nitrogens with zero attached hydrogens (tertiary/aromatic N) is 3. The van der Waals surface area contributed by atoms with Gasteiger partial charge in [-0.3, -0.25) is 14.4 Å². The Labute approximate surface area is 218 Å². The summed E-state index contributed by atoms with van der Waals surface area (Å²) in [5.41, 5.74) is 0.837. The number of carboxylic acids is 1. The van der Waals surface area contributed by atoms with E-state index in [2.05, 4.69) is 15.5 Å². The van der Waals surface area contributed by atoms with Gasteiger partial charge in [0.2, 0.25) is 5.91 Å². The summed E-state index contributed by atoms with van der Waals surface area (Å²) >= 11 is 0. The number of amides is 3. The number of aromatic carboxylic acids is 1. The van der Waals surface area contributed by atoms with Gasteiger partial charge in [0.25, 0.3) is 11.8 Å². The molecule has 1 atom stereocenters. The fourth-order valence-electron chi connectivity index (χ4n) is 3.69. The lowest BCUT2D eigenvalue weighted by atomic mass is 9.98. The van der Waals surface area contributed by atoms with E-state index in [-0.39, 0.29) is 42.2 Å². The SMILES string of the molecule is CC(C(=O)NCCCCCC(=O)ON1C(=O)CCC1=O)c1cc(N=Nc2ccccc2C(=O)O)ccc1O. The van der Waals surface area contributed by atoms with Crippen LogP contribution in [0.2, 0.25) is 0 Å². The minimum atomic E-state index is -1.13. The Hall–Kier alpha value is -4.61. The number of benzene rings is 2. The number of carbonyl (C=O) groups is 5. The summed E-state index contributed by atoms with van der Waals surface area (Å²) in [6, 6.07) is 10.5. The first-order chi connectivity index (χ1) is 18.2. The third kappa shape index (κ3) is 7.45. The predicted octanol–water partition coefficient (Wildman–Crippen LogP) is 3.89. The van der Waals surface area contributed by atoms with E-state index in [1.165, 1.54) is 30.3 Å². The lowest BCUT2D eigenvalue weighted by molar-refractivity contribution is -0.197. The highest BCUT2D eigenvalue weighted by atomic mass is 16.7. The molecule has 3 N–H and O–H groups in total. The van der Waals surface area contributed by atoms with E-state index in [9.17, 15) is 34.2 Å². The number of phenolic OH excluding ortho intramolecular Hbond substituents is 1. The van der Waals surface area contributed by atoms with Crippen LogP contribution in [0, 0.1) is 0 Å². The van der Waals surface area contributed by atoms with Gasteiger partial charge in [0.1, 0.15) is 11.4 Å². The second-order valence-corrected chi connectivity index (χ2v) is 8.63. The molecule has 1 saturated heterocycles. The normalized spacial score (nSPS) is 14.1. The van der Waals surface area contributed by atoms with Gasteiger partial charge in [0.05, 0.1) is 17.2 Å². The number of unbranched alkanes of at least 4 members (excludes halogenated alkanes) is 2. The van der Waals surface area contributed by atoms with Gasteiger partial charge in [-0.2, -0.15) is 5.11 Å². The molecule has 1 aliphatic rings. The third-order valence-electron chi connectivity index (χ3n) is 5.83. The average molecular weight is 525 g/mol. The van der Waals surface area contributed by atoms with Crippen molar-refractivity contribution >= 4 is 41.0 Å². The largest absolute Gasteiger partial charge is 0.508 e. The molecule has 3 rings (SSSR count). The summed E-state index contributed by atoms with van der Waals surface area (Å²) in [6.45, 7) is 1.97. The van der Waals surface area contributed by atoms with E-state index in [0.717, 1.165) is 0 Å². The molecule has 1 fully saturated rings. The number of carbonyl (C=O) groups excluding carboxylic acids is 4. The van der Waals surface area contributed by atoms with Crippen LogP contribution in [0.25, 0.3) is 0 Å². The molecule has 0 aliphatic carbocycles. The van der Waals surface area contributed by atoms with E-state index < -0.39 is 29.7 Å². The fraction of sp³-hybridized carbons (Fsp3) is 0.346. The van der Waals surface area contributed by atoms with E-state index >= 15 is 0 Å². The van der Waals surface area contributed by atoms with Crippen molar-refractivity contribution in [3.8, 4) is 5.75 Å². The van der Waals surface area contributed by atoms with Crippen LogP contribution in [-0.2, 0) is 24.0 Å². The number of phenols is 1. The van der Waals surface area contributed by atoms with Crippen molar-refractivity contribution in [1.29, 1.82) is 0 Å². The zero-order chi connectivity index (χ0) is 27.7. The fourth-order valence-corrected chi connectivity index (χ4v) is 3.69. The molecular weight excluding hydrogens is 496 g/mol. The lowest BCUT2D eigenvalue weighted by Crippen LogP contribution is -2.32. The first-order valence-electron chi connectivity index (χ1n) is 12.1. The maximum atomic E-state index is 12.6. The van der Waals surface area contributed by atoms with E-state index in [1.807, 2.05) is 0 Å². The Bertz CT molecular complexity index is 1240. The summed E-state index contributed by atoms with van der Waals surface area (Å²) in [4.78, 5) is 63.5. The Balaban J connectivity index is 1.45. The van der Waals surface area contributed by atoms with Gasteiger partial charge in [-0.05, 0) is 50.1 Å². The van der Waals surface area contributed by atoms with Gasteiger partial charge < -0.3 is 20.4 Å². The molecule has 2 aromatic carbocycles. The number of hydroxylamine groups is 2. The van der Waals surface area contributed by atoms with Crippen molar-refractivity contribution in [3.05, 3.63) is 53.6 Å². The lowest BCUT2D eigenvalue weighted by Gasteiger charge is -2.14. The van der Waals surface area contributed by atoms with E-state index in [4.69, 9.17) is 4.84 Å². The van der Waals surface area contributed by atoms with Gasteiger partial charge in [-0.15, -0.1) is 10.2 Å². The maximum Gasteiger partial charge on any atom is 0.337 e. The summed E-state index contributed by atoms with van der Waals surface area (Å²) in [6.07, 6.45) is 1.75. The first kappa shape index (κ1) is 28.0. The highest BCUT2D eigenvalue weighted by Crippen LogP contribution is 2.31. The standard InChI is InChI=1S/C26H28N4O8/c1-16(25(35)27-14-6-2-3-9-24(34)38-30-22(32)12-13-23(30)33)19-15-17(10-11-21(19)31)28-29-20-8-5-4-7-18(20)26(36)37/h4-5,7-8,10-11,15-16,31H,2-3,6,9,12-14H2,1H3,(H,27,35)(H,36,37). The summed E-state index contributed by atoms with van der Waals surface area (Å²) in [5.74, 6) is -3.97. The molecule has 38 heavy (non-hydrogen) atoms. The molecule has 12 heteroatoms. The Morgan fingerprint density at radius 3 is 2.45 bits per heavy atom. The van der Waals surface area contributed by atoms with Crippen LogP contribution in [0.4, 0.5) is 11.4 Å². The Kier molecular flexibility index (Phi) is 9.63. The van der Waals surface area contributed by atoms with Crippen LogP contribution >= 0.6 is 0 Å². The number of hydrogen-bond donors (Lipinski definition) is 3. The maximum absolute atomic E-state index is 12.6. The zero-order valence-corrected chi connectivity index (χ0v) is 20.8. The highest BCUT2D eigenvalue weighted by Gasteiger charge is 2.32. The second-order valence-electron chi connectivity index (χ2n) is 8.63. The third-order valence-corrected chi connectivity index (χ3v) is 5.83. The van der Waals surface area contributed by atoms with Gasteiger partial charge >= 0.3 is 11.9 Å². The monoisotopic (exact) mass is 524 g/mol. The summed E-state index contributed by atoms with van der Waals surface area (Å²) in [7, 11) is 0. The molecule has 2 aromatic rings. The molecule has 200 valence electrons. The molecule has 0 aromatic heterocycles. The molecule has 12 nitrogen and oxygen atoms in total. The van der Waals surface area contributed by atoms with Gasteiger partial charge in [-0.25, -0.2) is 9.59 Å². The van der Waals surface area contributed by atoms with Crippen molar-refractivity contribution in [2.75, 3.05) is 6.54 Å². The van der Waals surface area contributed by atoms with E-state index in [1.54, 1.807) is 19.1 Å². The van der Waals surface area contributed by atoms with E-state index in [0.29, 0.717) is 42.1 Å². The predicted molar refractivity (Wildman–Crippen MR) is 133 cm³/mol. The van der Waals surface area contributed by atoms with Crippen LogP contribution in [-0.4, -0.2) is 51.5 Å². The van der Waals surface area contributed by atoms with Gasteiger partial charge in [-0.1, -0.05) is 18.6 Å². The number of nitrogens with one attached hydrogen (secondary N) is 1. The minimum Gasteiger partial charge on any atom is -0.508 e. The Morgan fingerprint density at radius 1 is 1.03 bits per heavy atom. The molecule has 0 spiro atoms. The van der Waals surface area contributed by atoms with Crippen molar-refractivity contribution < 1.29 is 39.0 Å². The number of aromatic hydroxyl groups is 1. The van der Waals surface area contributed by atoms with Crippen LogP contribution < -0.4 is 5.32 Å². The van der Waals surface area contributed by atoms with Crippen molar-refractivity contribution in [2.24, 2.45) is 10.2 Å². The van der Waals surface area contributed by atoms with Crippen LogP contribution in [0.15, 0.2) is 52.7 Å². The number of carboxylic acid groups (broad SMARTS) is 1. The first-order valence-corrected chi connectivity index (χ1v) is 12.1. The average Bonchev–Trinajstić information content (AvgIpc) is 3.21. The van der Waals surface area contributed by atoms with Crippen molar-refractivity contribution in [2.45, 2.75) is 51.4 Å². The minimum absolute atomic E-state index is 0.00307. The molecule has 0 radical (unpaired) electrons. The number of imide groups is 1. The second kappa shape index (κ2) is 13.1. The molecule has 0 bridgehead atoms. The quantitative estimate of drug-likeness (QED) is 0.213. The highest BCUT2D eigenvalue weighted by molar-refractivity contribution is 6.01. The van der Waals surface area contributed by atoms with Gasteiger partial charge in [0, 0.05) is 31.4 Å². The number of rotatable bonds is 12. The van der Waals surface area contributed by atoms with Crippen LogP contribution in [0.5, 0.6) is 5.75 Å². The van der Waals surface area contributed by atoms with Gasteiger partial charge in [0.15, 0.2) is 0 Å². The molecule has 1 heterocycles. The number of azo groups is 1. The van der Waals surface area contributed by atoms with Crippen LogP contribution in [0.3, 0.4) is 0 Å².